The predicted octanol–water partition coefficient (Wildman–Crippen LogP) is 3.23. The Morgan fingerprint density at radius 3 is 2.73 bits per heavy atom. The quantitative estimate of drug-likeness (QED) is 0.762. The van der Waals surface area contributed by atoms with Crippen LogP contribution in [0, 0.1) is 11.8 Å². The highest BCUT2D eigenvalue weighted by Crippen LogP contribution is 2.35. The second-order valence-corrected chi connectivity index (χ2v) is 8.18. The van der Waals surface area contributed by atoms with Crippen LogP contribution in [0.2, 0.25) is 0 Å². The number of rotatable bonds is 7. The van der Waals surface area contributed by atoms with Crippen molar-refractivity contribution in [1.82, 2.24) is 20.0 Å². The molecule has 1 fully saturated rings. The summed E-state index contributed by atoms with van der Waals surface area (Å²) in [5.74, 6) is 1.99. The van der Waals surface area contributed by atoms with Gasteiger partial charge in [0.2, 0.25) is 5.91 Å². The number of nitrogens with zero attached hydrogens (tertiary/aromatic N) is 3. The summed E-state index contributed by atoms with van der Waals surface area (Å²) in [6.45, 7) is 1.77. The normalized spacial score (nSPS) is 25.6. The molecule has 3 rings (SSSR count). The number of aromatic nitrogens is 2. The number of amides is 1. The first-order valence-corrected chi connectivity index (χ1v) is 10.1. The molecule has 2 aliphatic rings. The number of nitrogens with one attached hydrogen (secondary N) is 1. The van der Waals surface area contributed by atoms with Crippen molar-refractivity contribution in [3.8, 4) is 0 Å². The van der Waals surface area contributed by atoms with E-state index in [0.29, 0.717) is 30.1 Å². The third kappa shape index (κ3) is 4.76. The van der Waals surface area contributed by atoms with Crippen molar-refractivity contribution < 1.29 is 4.79 Å². The lowest BCUT2D eigenvalue weighted by atomic mass is 9.80. The molecule has 5 nitrogen and oxygen atoms in total. The zero-order valence-corrected chi connectivity index (χ0v) is 16.6. The van der Waals surface area contributed by atoms with Crippen molar-refractivity contribution in [2.45, 2.75) is 57.4 Å². The number of carbonyl (C=O) groups is 1. The zero-order chi connectivity index (χ0) is 18.5. The van der Waals surface area contributed by atoms with E-state index in [0.717, 1.165) is 25.9 Å². The lowest BCUT2D eigenvalue weighted by Gasteiger charge is -2.31. The van der Waals surface area contributed by atoms with Crippen molar-refractivity contribution >= 4 is 5.91 Å². The summed E-state index contributed by atoms with van der Waals surface area (Å²) in [6.07, 6.45) is 12.2. The molecule has 0 saturated heterocycles. The summed E-state index contributed by atoms with van der Waals surface area (Å²) in [5, 5.41) is 7.93. The Bertz CT molecular complexity index is 628. The van der Waals surface area contributed by atoms with E-state index < -0.39 is 0 Å². The first-order valence-electron chi connectivity index (χ1n) is 10.1. The van der Waals surface area contributed by atoms with Gasteiger partial charge in [-0.1, -0.05) is 12.2 Å². The molecular weight excluding hydrogens is 324 g/mol. The molecule has 0 radical (unpaired) electrons. The first-order chi connectivity index (χ1) is 12.6. The van der Waals surface area contributed by atoms with Gasteiger partial charge < -0.3 is 10.2 Å². The summed E-state index contributed by atoms with van der Waals surface area (Å²) in [5.41, 5.74) is 2.49. The van der Waals surface area contributed by atoms with E-state index in [2.05, 4.69) is 23.5 Å². The van der Waals surface area contributed by atoms with Gasteiger partial charge in [0.25, 0.3) is 0 Å². The highest BCUT2D eigenvalue weighted by Gasteiger charge is 2.26. The molecule has 1 aromatic rings. The summed E-state index contributed by atoms with van der Waals surface area (Å²) >= 11 is 0. The van der Waals surface area contributed by atoms with E-state index in [1.165, 1.54) is 37.1 Å². The van der Waals surface area contributed by atoms with Gasteiger partial charge in [0.15, 0.2) is 0 Å². The minimum absolute atomic E-state index is 0.310. The lowest BCUT2D eigenvalue weighted by Crippen LogP contribution is -2.34. The third-order valence-electron chi connectivity index (χ3n) is 6.13. The van der Waals surface area contributed by atoms with E-state index in [4.69, 9.17) is 5.10 Å². The zero-order valence-electron chi connectivity index (χ0n) is 16.6. The van der Waals surface area contributed by atoms with Gasteiger partial charge in [-0.25, -0.2) is 0 Å². The van der Waals surface area contributed by atoms with Crippen molar-refractivity contribution in [2.24, 2.45) is 18.9 Å². The monoisotopic (exact) mass is 358 g/mol. The maximum Gasteiger partial charge on any atom is 0.222 e. The maximum absolute atomic E-state index is 12.4. The summed E-state index contributed by atoms with van der Waals surface area (Å²) in [4.78, 5) is 14.4. The molecule has 0 spiro atoms. The molecular formula is C21H34N4O. The van der Waals surface area contributed by atoms with Gasteiger partial charge in [-0.2, -0.15) is 5.10 Å². The van der Waals surface area contributed by atoms with Crippen molar-refractivity contribution in [3.63, 3.8) is 0 Å². The second-order valence-electron chi connectivity index (χ2n) is 8.18. The standard InChI is InChI=1S/C21H34N4O/c1-22-14-19-13-20(23-25(19)3)18-10-8-17(9-11-18)15-24(2)21(26)12-16-6-4-5-7-16/h4,6,13,16-18,22H,5,7-12,14-15H2,1-3H3/t16-,17?,18?/m1/s1. The Morgan fingerprint density at radius 2 is 2.08 bits per heavy atom. The number of carbonyl (C=O) groups excluding carboxylic acids is 1. The molecule has 0 unspecified atom stereocenters. The van der Waals surface area contributed by atoms with Gasteiger partial charge in [0.1, 0.15) is 0 Å². The highest BCUT2D eigenvalue weighted by atomic mass is 16.2. The van der Waals surface area contributed by atoms with E-state index in [9.17, 15) is 4.79 Å². The largest absolute Gasteiger partial charge is 0.345 e. The highest BCUT2D eigenvalue weighted by molar-refractivity contribution is 5.76. The van der Waals surface area contributed by atoms with E-state index in [-0.39, 0.29) is 0 Å². The van der Waals surface area contributed by atoms with E-state index in [1.54, 1.807) is 0 Å². The SMILES string of the molecule is CNCc1cc(C2CCC(CN(C)C(=O)C[C@@H]3C=CCC3)CC2)nn1C. The molecule has 0 aliphatic heterocycles. The molecule has 5 heteroatoms. The number of hydrogen-bond donors (Lipinski definition) is 1. The molecule has 0 bridgehead atoms. The van der Waals surface area contributed by atoms with Crippen LogP contribution < -0.4 is 5.32 Å². The van der Waals surface area contributed by atoms with Crippen LogP contribution in [-0.4, -0.2) is 41.2 Å². The number of hydrogen-bond acceptors (Lipinski definition) is 3. The van der Waals surface area contributed by atoms with Gasteiger partial charge in [0, 0.05) is 39.5 Å². The van der Waals surface area contributed by atoms with Crippen LogP contribution >= 0.6 is 0 Å². The van der Waals surface area contributed by atoms with E-state index in [1.807, 2.05) is 30.7 Å². The number of aryl methyl sites for hydroxylation is 1. The number of allylic oxidation sites excluding steroid dienone is 2. The van der Waals surface area contributed by atoms with Crippen LogP contribution in [0.1, 0.15) is 62.3 Å². The molecule has 26 heavy (non-hydrogen) atoms. The second kappa shape index (κ2) is 8.85. The van der Waals surface area contributed by atoms with Crippen molar-refractivity contribution in [3.05, 3.63) is 29.6 Å². The van der Waals surface area contributed by atoms with Crippen molar-refractivity contribution in [1.29, 1.82) is 0 Å². The molecule has 1 heterocycles. The van der Waals surface area contributed by atoms with E-state index >= 15 is 0 Å². The minimum atomic E-state index is 0.310. The molecule has 1 N–H and O–H groups in total. The Balaban J connectivity index is 1.45. The van der Waals surface area contributed by atoms with Crippen LogP contribution in [-0.2, 0) is 18.4 Å². The summed E-state index contributed by atoms with van der Waals surface area (Å²) in [6, 6.07) is 2.26. The Hall–Kier alpha value is -1.62. The van der Waals surface area contributed by atoms with Crippen LogP contribution in [0.15, 0.2) is 18.2 Å². The fourth-order valence-electron chi connectivity index (χ4n) is 4.45. The van der Waals surface area contributed by atoms with Gasteiger partial charge in [-0.05, 0) is 63.5 Å². The smallest absolute Gasteiger partial charge is 0.222 e. The molecule has 144 valence electrons. The predicted molar refractivity (Wildman–Crippen MR) is 105 cm³/mol. The van der Waals surface area contributed by atoms with Crippen LogP contribution in [0.25, 0.3) is 0 Å². The fourth-order valence-corrected chi connectivity index (χ4v) is 4.45. The fraction of sp³-hybridized carbons (Fsp3) is 0.714. The molecule has 0 aromatic carbocycles. The van der Waals surface area contributed by atoms with Gasteiger partial charge in [0.05, 0.1) is 11.4 Å². The first kappa shape index (κ1) is 19.2. The van der Waals surface area contributed by atoms with Gasteiger partial charge in [-0.15, -0.1) is 0 Å². The van der Waals surface area contributed by atoms with Gasteiger partial charge >= 0.3 is 0 Å². The molecule has 1 atom stereocenters. The minimum Gasteiger partial charge on any atom is -0.345 e. The Morgan fingerprint density at radius 1 is 1.31 bits per heavy atom. The third-order valence-corrected chi connectivity index (χ3v) is 6.13. The Labute approximate surface area is 157 Å². The molecule has 1 amide bonds. The van der Waals surface area contributed by atoms with Crippen molar-refractivity contribution in [2.75, 3.05) is 20.6 Å². The Kier molecular flexibility index (Phi) is 6.52. The molecule has 1 aromatic heterocycles. The topological polar surface area (TPSA) is 50.2 Å². The lowest BCUT2D eigenvalue weighted by molar-refractivity contribution is -0.131. The average Bonchev–Trinajstić information content (AvgIpc) is 3.26. The van der Waals surface area contributed by atoms with Crippen LogP contribution in [0.5, 0.6) is 0 Å². The van der Waals surface area contributed by atoms with Crippen LogP contribution in [0.3, 0.4) is 0 Å². The average molecular weight is 359 g/mol. The van der Waals surface area contributed by atoms with Gasteiger partial charge in [-0.3, -0.25) is 9.48 Å². The maximum atomic E-state index is 12.4. The summed E-state index contributed by atoms with van der Waals surface area (Å²) in [7, 11) is 5.98. The van der Waals surface area contributed by atoms with Crippen LogP contribution in [0.4, 0.5) is 0 Å². The summed E-state index contributed by atoms with van der Waals surface area (Å²) < 4.78 is 2.00. The molecule has 2 aliphatic carbocycles. The molecule has 1 saturated carbocycles.